The van der Waals surface area contributed by atoms with E-state index in [0.29, 0.717) is 13.1 Å². The maximum absolute atomic E-state index is 12.1. The molecule has 1 aliphatic heterocycles. The molecule has 2 aromatic carbocycles. The number of allylic oxidation sites excluding steroid dienone is 1. The monoisotopic (exact) mass is 498 g/mol. The topological polar surface area (TPSA) is 69.3 Å². The van der Waals surface area contributed by atoms with Crippen molar-refractivity contribution in [1.82, 2.24) is 19.2 Å². The van der Waals surface area contributed by atoms with Crippen LogP contribution >= 0.6 is 0 Å². The van der Waals surface area contributed by atoms with E-state index in [0.717, 1.165) is 48.4 Å². The molecule has 6 rings (SSSR count). The normalized spacial score (nSPS) is 16.9. The molecule has 0 atom stereocenters. The second-order valence-corrected chi connectivity index (χ2v) is 11.9. The molecule has 6 nitrogen and oxygen atoms in total. The van der Waals surface area contributed by atoms with Gasteiger partial charge in [-0.25, -0.2) is 8.42 Å². The van der Waals surface area contributed by atoms with Crippen molar-refractivity contribution in [2.45, 2.75) is 19.9 Å². The first kappa shape index (κ1) is 23.2. The molecule has 1 fully saturated rings. The number of aromatic nitrogens is 2. The number of piperazine rings is 1. The molecule has 0 bridgehead atoms. The van der Waals surface area contributed by atoms with Crippen molar-refractivity contribution in [3.8, 4) is 11.1 Å². The summed E-state index contributed by atoms with van der Waals surface area (Å²) in [4.78, 5) is 10.4. The Labute approximate surface area is 212 Å². The Morgan fingerprint density at radius 1 is 0.917 bits per heavy atom. The molecule has 7 heteroatoms. The second-order valence-electron chi connectivity index (χ2n) is 9.59. The summed E-state index contributed by atoms with van der Waals surface area (Å²) in [6, 6.07) is 19.6. The molecule has 0 spiro atoms. The highest BCUT2D eigenvalue weighted by Crippen LogP contribution is 2.35. The molecule has 0 saturated carbocycles. The van der Waals surface area contributed by atoms with Crippen molar-refractivity contribution in [2.75, 3.05) is 31.9 Å². The number of rotatable bonds is 6. The number of nitrogens with zero attached hydrogens (tertiary/aromatic N) is 3. The molecule has 1 aliphatic carbocycles. The molecule has 0 unspecified atom stereocenters. The Morgan fingerprint density at radius 2 is 1.69 bits per heavy atom. The van der Waals surface area contributed by atoms with Crippen LogP contribution in [0.2, 0.25) is 0 Å². The first-order chi connectivity index (χ1) is 17.5. The number of aromatic amines is 1. The van der Waals surface area contributed by atoms with Crippen LogP contribution in [-0.4, -0.2) is 59.5 Å². The Balaban J connectivity index is 1.16. The van der Waals surface area contributed by atoms with Crippen molar-refractivity contribution in [3.05, 3.63) is 95.5 Å². The van der Waals surface area contributed by atoms with Gasteiger partial charge in [0.25, 0.3) is 0 Å². The van der Waals surface area contributed by atoms with Crippen molar-refractivity contribution >= 4 is 26.5 Å². The highest BCUT2D eigenvalue weighted by Gasteiger charge is 2.25. The summed E-state index contributed by atoms with van der Waals surface area (Å²) in [6.07, 6.45) is 7.10. The van der Waals surface area contributed by atoms with Crippen LogP contribution in [-0.2, 0) is 23.0 Å². The largest absolute Gasteiger partial charge is 0.361 e. The third-order valence-electron chi connectivity index (χ3n) is 7.41. The lowest BCUT2D eigenvalue weighted by Crippen LogP contribution is -2.48. The fourth-order valence-electron chi connectivity index (χ4n) is 5.26. The highest BCUT2D eigenvalue weighted by atomic mass is 32.2. The van der Waals surface area contributed by atoms with Gasteiger partial charge in [-0.05, 0) is 58.8 Å². The molecule has 184 valence electrons. The minimum atomic E-state index is -3.09. The van der Waals surface area contributed by atoms with Crippen LogP contribution < -0.4 is 0 Å². The number of fused-ring (bicyclic) bond motifs is 2. The average Bonchev–Trinajstić information content (AvgIpc) is 3.55. The summed E-state index contributed by atoms with van der Waals surface area (Å²) in [6.45, 7) is 5.21. The first-order valence-electron chi connectivity index (χ1n) is 12.6. The molecule has 4 aromatic rings. The number of pyridine rings is 1. The van der Waals surface area contributed by atoms with Crippen molar-refractivity contribution in [3.63, 3.8) is 0 Å². The van der Waals surface area contributed by atoms with E-state index in [2.05, 4.69) is 70.6 Å². The number of hydrogen-bond donors (Lipinski definition) is 1. The van der Waals surface area contributed by atoms with Gasteiger partial charge in [-0.1, -0.05) is 36.4 Å². The molecular formula is C29H30N4O2S. The number of H-pyrrole nitrogens is 1. The van der Waals surface area contributed by atoms with Crippen molar-refractivity contribution in [1.29, 1.82) is 0 Å². The molecule has 2 aromatic heterocycles. The number of sulfonamides is 1. The second kappa shape index (κ2) is 9.32. The standard InChI is InChI=1S/C29H30N4O2S/c1-2-36(34,35)33-15-13-32(14-16-33)20-21-3-5-22(6-4-21)25-18-27-26(8-10-29(27)31-19-25)23-7-9-28-24(17-23)11-12-30-28/h3-9,11-12,17-19,30H,2,10,13-16,20H2,1H3. The van der Waals surface area contributed by atoms with Gasteiger partial charge in [0.15, 0.2) is 0 Å². The van der Waals surface area contributed by atoms with E-state index in [4.69, 9.17) is 4.98 Å². The van der Waals surface area contributed by atoms with Gasteiger partial charge < -0.3 is 4.98 Å². The van der Waals surface area contributed by atoms with Crippen LogP contribution in [0, 0.1) is 0 Å². The molecule has 0 amide bonds. The third kappa shape index (κ3) is 4.39. The number of nitrogens with one attached hydrogen (secondary N) is 1. The molecule has 0 radical (unpaired) electrons. The van der Waals surface area contributed by atoms with E-state index in [-0.39, 0.29) is 5.75 Å². The van der Waals surface area contributed by atoms with E-state index in [1.165, 1.54) is 27.6 Å². The van der Waals surface area contributed by atoms with Crippen molar-refractivity contribution in [2.24, 2.45) is 0 Å². The van der Waals surface area contributed by atoms with Gasteiger partial charge in [0.05, 0.1) is 11.4 Å². The molecular weight excluding hydrogens is 468 g/mol. The number of benzene rings is 2. The molecule has 1 N–H and O–H groups in total. The van der Waals surface area contributed by atoms with Crippen molar-refractivity contribution < 1.29 is 8.42 Å². The molecule has 1 saturated heterocycles. The lowest BCUT2D eigenvalue weighted by Gasteiger charge is -2.33. The Kier molecular flexibility index (Phi) is 5.99. The Bertz CT molecular complexity index is 1550. The fraction of sp³-hybridized carbons (Fsp3) is 0.276. The zero-order valence-electron chi connectivity index (χ0n) is 20.4. The minimum absolute atomic E-state index is 0.172. The van der Waals surface area contributed by atoms with E-state index in [9.17, 15) is 8.42 Å². The lowest BCUT2D eigenvalue weighted by molar-refractivity contribution is 0.182. The maximum atomic E-state index is 12.1. The van der Waals surface area contributed by atoms with Crippen LogP contribution in [0.1, 0.15) is 29.3 Å². The van der Waals surface area contributed by atoms with E-state index >= 15 is 0 Å². The van der Waals surface area contributed by atoms with Gasteiger partial charge >= 0.3 is 0 Å². The summed E-state index contributed by atoms with van der Waals surface area (Å²) < 4.78 is 25.8. The van der Waals surface area contributed by atoms with Gasteiger partial charge in [0, 0.05) is 68.2 Å². The van der Waals surface area contributed by atoms with Gasteiger partial charge in [-0.15, -0.1) is 0 Å². The minimum Gasteiger partial charge on any atom is -0.361 e. The van der Waals surface area contributed by atoms with Gasteiger partial charge in [0.1, 0.15) is 0 Å². The first-order valence-corrected chi connectivity index (χ1v) is 14.2. The predicted molar refractivity (Wildman–Crippen MR) is 145 cm³/mol. The lowest BCUT2D eigenvalue weighted by atomic mass is 9.97. The molecule has 36 heavy (non-hydrogen) atoms. The summed E-state index contributed by atoms with van der Waals surface area (Å²) in [7, 11) is -3.09. The zero-order chi connectivity index (χ0) is 24.7. The smallest absolute Gasteiger partial charge is 0.213 e. The van der Waals surface area contributed by atoms with Gasteiger partial charge in [-0.2, -0.15) is 4.31 Å². The van der Waals surface area contributed by atoms with Gasteiger partial charge in [-0.3, -0.25) is 9.88 Å². The van der Waals surface area contributed by atoms with Gasteiger partial charge in [0.2, 0.25) is 10.0 Å². The average molecular weight is 499 g/mol. The third-order valence-corrected chi connectivity index (χ3v) is 9.29. The Hall–Kier alpha value is -3.26. The SMILES string of the molecule is CCS(=O)(=O)N1CCN(Cc2ccc(-c3cnc4c(c3)C(c3ccc5[nH]ccc5c3)=CC4)cc2)CC1. The van der Waals surface area contributed by atoms with Crippen LogP contribution in [0.3, 0.4) is 0 Å². The molecule has 3 heterocycles. The van der Waals surface area contributed by atoms with Crippen LogP contribution in [0.25, 0.3) is 27.6 Å². The van der Waals surface area contributed by atoms with E-state index in [1.807, 2.05) is 12.4 Å². The van der Waals surface area contributed by atoms with E-state index < -0.39 is 10.0 Å². The Morgan fingerprint density at radius 3 is 2.47 bits per heavy atom. The summed E-state index contributed by atoms with van der Waals surface area (Å²) >= 11 is 0. The van der Waals surface area contributed by atoms with E-state index in [1.54, 1.807) is 11.2 Å². The zero-order valence-corrected chi connectivity index (χ0v) is 21.3. The summed E-state index contributed by atoms with van der Waals surface area (Å²) in [5, 5.41) is 1.22. The number of hydrogen-bond acceptors (Lipinski definition) is 4. The van der Waals surface area contributed by atoms with Crippen LogP contribution in [0.4, 0.5) is 0 Å². The fourth-order valence-corrected chi connectivity index (χ4v) is 6.34. The van der Waals surface area contributed by atoms with Crippen LogP contribution in [0.15, 0.2) is 73.1 Å². The summed E-state index contributed by atoms with van der Waals surface area (Å²) in [5.74, 6) is 0.172. The predicted octanol–water partition coefficient (Wildman–Crippen LogP) is 4.69. The highest BCUT2D eigenvalue weighted by molar-refractivity contribution is 7.89. The van der Waals surface area contributed by atoms with Crippen LogP contribution in [0.5, 0.6) is 0 Å². The maximum Gasteiger partial charge on any atom is 0.213 e. The molecule has 2 aliphatic rings. The summed E-state index contributed by atoms with van der Waals surface area (Å²) in [5.41, 5.74) is 9.48. The quantitative estimate of drug-likeness (QED) is 0.419.